The van der Waals surface area contributed by atoms with Gasteiger partial charge in [-0.1, -0.05) is 61.7 Å². The molecule has 4 aliphatic heterocycles. The molecule has 366 valence electrons. The summed E-state index contributed by atoms with van der Waals surface area (Å²) in [6, 6.07) is 3.18. The number of hydrogen-bond acceptors (Lipinski definition) is 15. The highest BCUT2D eigenvalue weighted by Gasteiger charge is 2.60. The maximum Gasteiger partial charge on any atom is 0.379 e. The number of ether oxygens (including phenoxy) is 8. The van der Waals surface area contributed by atoms with Gasteiger partial charge in [0, 0.05) is 41.7 Å². The van der Waals surface area contributed by atoms with Crippen LogP contribution < -0.4 is 4.74 Å². The highest BCUT2D eigenvalue weighted by molar-refractivity contribution is 6.32. The van der Waals surface area contributed by atoms with Gasteiger partial charge in [-0.3, -0.25) is 4.79 Å². The van der Waals surface area contributed by atoms with Crippen molar-refractivity contribution in [2.45, 2.75) is 160 Å². The van der Waals surface area contributed by atoms with E-state index in [4.69, 9.17) is 49.5 Å². The number of allylic oxidation sites excluding steroid dienone is 2. The summed E-state index contributed by atoms with van der Waals surface area (Å²) in [7, 11) is 1.43. The normalized spacial score (nSPS) is 40.5. The Morgan fingerprint density at radius 1 is 0.910 bits per heavy atom. The number of esters is 3. The molecular weight excluding hydrogens is 892 g/mol. The van der Waals surface area contributed by atoms with Gasteiger partial charge in [-0.2, -0.15) is 0 Å². The number of fused-ring (bicyclic) bond motifs is 3. The molecule has 4 N–H and O–H groups in total. The second-order valence-corrected chi connectivity index (χ2v) is 20.0. The average Bonchev–Trinajstić information content (AvgIpc) is 3.50. The van der Waals surface area contributed by atoms with Gasteiger partial charge in [0.15, 0.2) is 23.9 Å². The van der Waals surface area contributed by atoms with Crippen LogP contribution in [0.25, 0.3) is 0 Å². The molecule has 3 aliphatic carbocycles. The Labute approximate surface area is 395 Å². The number of aliphatic carboxylic acids is 1. The Morgan fingerprint density at radius 3 is 2.39 bits per heavy atom. The molecule has 1 aromatic carbocycles. The number of aliphatic hydroxyl groups excluding tert-OH is 3. The SMILES string of the molecule is COc1ccc(Cl)c(C)c1C(=O)O[C@@H]1C[C@H](O[C@H]2[C@H](O)C[C@H](O[C@H]3CCC[C@@H]4[C@@H]3C=C[C@H]3CCCC/C=C/[C@@H]5C=C(C(=O)O)[C@@H](C)C[C@]56OC(=O)C(=C6O)OC(=O)[C@@]43C)O[C@@H]2C)O[C@H](C)[C@H]1O. The van der Waals surface area contributed by atoms with Crippen LogP contribution in [-0.4, -0.2) is 112 Å². The fraction of sp³-hybridized carbons (Fsp3) is 0.640. The minimum atomic E-state index is -1.62. The van der Waals surface area contributed by atoms with E-state index in [1.807, 2.05) is 19.1 Å². The third kappa shape index (κ3) is 9.19. The monoisotopic (exact) mass is 954 g/mol. The van der Waals surface area contributed by atoms with Crippen molar-refractivity contribution in [1.82, 2.24) is 0 Å². The molecule has 0 radical (unpaired) electrons. The number of benzene rings is 1. The molecule has 1 aromatic rings. The third-order valence-corrected chi connectivity index (χ3v) is 15.9. The lowest BCUT2D eigenvalue weighted by molar-refractivity contribution is -0.318. The van der Waals surface area contributed by atoms with Crippen molar-refractivity contribution in [2.75, 3.05) is 7.11 Å². The van der Waals surface area contributed by atoms with Crippen molar-refractivity contribution < 1.29 is 77.5 Å². The molecule has 0 aromatic heterocycles. The standard InChI is InChI=1S/C50H63ClO16/c1-24-23-50-29(20-31(24)45(55)56)13-10-8-7-9-12-28-16-17-30-32(49(28,5)48(59)66-43(44(50)54)47(58)67-50)14-11-15-35(30)63-38-21-34(52)42(27(4)62-38)65-39-22-37(41(53)26(3)61-39)64-46(57)40-25(2)33(51)18-19-36(40)60-6/h10,13,16-20,24,26-30,32,34-35,37-39,41-42,52-54H,7-9,11-12,14-15,21-23H2,1-6H3,(H,55,56)/b13-10+/t24-,26+,27+,28+,29+,30-,32+,34+,35-,37+,38-,39-,41+,42+,49+,50-/m0/s1. The summed E-state index contributed by atoms with van der Waals surface area (Å²) in [5.41, 5.74) is -2.00. The molecule has 1 saturated carbocycles. The van der Waals surface area contributed by atoms with Crippen molar-refractivity contribution in [1.29, 1.82) is 0 Å². The summed E-state index contributed by atoms with van der Waals surface area (Å²) in [5, 5.41) is 44.6. The van der Waals surface area contributed by atoms with Gasteiger partial charge in [-0.25, -0.2) is 14.4 Å². The fourth-order valence-electron chi connectivity index (χ4n) is 11.7. The summed E-state index contributed by atoms with van der Waals surface area (Å²) in [4.78, 5) is 53.9. The first kappa shape index (κ1) is 49.1. The summed E-state index contributed by atoms with van der Waals surface area (Å²) in [6.07, 6.45) is 6.54. The van der Waals surface area contributed by atoms with Crippen LogP contribution in [0.4, 0.5) is 0 Å². The molecule has 17 heteroatoms. The van der Waals surface area contributed by atoms with E-state index < -0.39 is 114 Å². The Kier molecular flexibility index (Phi) is 14.4. The first-order valence-electron chi connectivity index (χ1n) is 23.6. The number of carbonyl (C=O) groups excluding carboxylic acids is 3. The van der Waals surface area contributed by atoms with Gasteiger partial charge in [0.1, 0.15) is 29.6 Å². The maximum absolute atomic E-state index is 14.8. The number of hydrogen-bond donors (Lipinski definition) is 4. The highest BCUT2D eigenvalue weighted by atomic mass is 35.5. The predicted octanol–water partition coefficient (Wildman–Crippen LogP) is 6.96. The first-order valence-corrected chi connectivity index (χ1v) is 24.0. The molecule has 3 fully saturated rings. The van der Waals surface area contributed by atoms with E-state index in [0.717, 1.165) is 12.8 Å². The van der Waals surface area contributed by atoms with E-state index in [9.17, 15) is 39.6 Å². The summed E-state index contributed by atoms with van der Waals surface area (Å²) in [5.74, 6) is -6.44. The zero-order chi connectivity index (χ0) is 48.1. The van der Waals surface area contributed by atoms with Crippen molar-refractivity contribution in [2.24, 2.45) is 35.0 Å². The number of rotatable bonds is 8. The summed E-state index contributed by atoms with van der Waals surface area (Å²) >= 11 is 6.30. The number of halogens is 1. The van der Waals surface area contributed by atoms with Gasteiger partial charge in [-0.15, -0.1) is 0 Å². The maximum atomic E-state index is 14.8. The molecule has 2 bridgehead atoms. The van der Waals surface area contributed by atoms with Crippen LogP contribution in [0.3, 0.4) is 0 Å². The number of carboxylic acids is 1. The van der Waals surface area contributed by atoms with Gasteiger partial charge < -0.3 is 58.3 Å². The molecule has 0 amide bonds. The number of carboxylic acid groups (broad SMARTS) is 1. The second-order valence-electron chi connectivity index (χ2n) is 19.5. The molecule has 7 aliphatic rings. The Bertz CT molecular complexity index is 2210. The molecule has 1 spiro atoms. The van der Waals surface area contributed by atoms with Crippen molar-refractivity contribution >= 4 is 35.5 Å². The number of aliphatic hydroxyl groups is 3. The van der Waals surface area contributed by atoms with Crippen molar-refractivity contribution in [3.8, 4) is 5.75 Å². The number of carbonyl (C=O) groups is 4. The van der Waals surface area contributed by atoms with E-state index in [1.54, 1.807) is 45.9 Å². The van der Waals surface area contributed by atoms with Crippen LogP contribution in [0.5, 0.6) is 5.75 Å². The van der Waals surface area contributed by atoms with E-state index in [2.05, 4.69) is 6.08 Å². The van der Waals surface area contributed by atoms with E-state index in [0.29, 0.717) is 42.7 Å². The lowest BCUT2D eigenvalue weighted by Gasteiger charge is -2.51. The smallest absolute Gasteiger partial charge is 0.379 e. The molecule has 67 heavy (non-hydrogen) atoms. The molecule has 8 rings (SSSR count). The summed E-state index contributed by atoms with van der Waals surface area (Å²) < 4.78 is 48.4. The van der Waals surface area contributed by atoms with Crippen molar-refractivity contribution in [3.63, 3.8) is 0 Å². The van der Waals surface area contributed by atoms with Crippen LogP contribution in [-0.2, 0) is 47.5 Å². The van der Waals surface area contributed by atoms with Crippen LogP contribution in [0.1, 0.15) is 108 Å². The second kappa shape index (κ2) is 19.6. The first-order chi connectivity index (χ1) is 31.9. The molecule has 16 atom stereocenters. The van der Waals surface area contributed by atoms with Gasteiger partial charge in [0.05, 0.1) is 36.9 Å². The van der Waals surface area contributed by atoms with Crippen LogP contribution in [0, 0.1) is 41.9 Å². The predicted molar refractivity (Wildman–Crippen MR) is 238 cm³/mol. The molecule has 4 heterocycles. The highest BCUT2D eigenvalue weighted by Crippen LogP contribution is 2.55. The lowest BCUT2D eigenvalue weighted by atomic mass is 9.55. The van der Waals surface area contributed by atoms with Gasteiger partial charge >= 0.3 is 23.9 Å². The third-order valence-electron chi connectivity index (χ3n) is 15.5. The minimum Gasteiger partial charge on any atom is -0.505 e. The van der Waals surface area contributed by atoms with Gasteiger partial charge in [0.2, 0.25) is 0 Å². The largest absolute Gasteiger partial charge is 0.505 e. The zero-order valence-corrected chi connectivity index (χ0v) is 39.5. The Morgan fingerprint density at radius 2 is 1.66 bits per heavy atom. The van der Waals surface area contributed by atoms with E-state index in [-0.39, 0.29) is 53.9 Å². The van der Waals surface area contributed by atoms with E-state index in [1.165, 1.54) is 13.2 Å². The summed E-state index contributed by atoms with van der Waals surface area (Å²) in [6.45, 7) is 8.63. The van der Waals surface area contributed by atoms with Crippen molar-refractivity contribution in [3.05, 3.63) is 75.8 Å². The van der Waals surface area contributed by atoms with Crippen LogP contribution in [0.15, 0.2) is 59.6 Å². The molecule has 16 nitrogen and oxygen atoms in total. The minimum absolute atomic E-state index is 0.00846. The topological polar surface area (TPSA) is 223 Å². The van der Waals surface area contributed by atoms with E-state index >= 15 is 0 Å². The fourth-order valence-corrected chi connectivity index (χ4v) is 11.8. The molecule has 0 unspecified atom stereocenters. The quantitative estimate of drug-likeness (QED) is 0.117. The number of methoxy groups -OCH3 is 1. The van der Waals surface area contributed by atoms with Crippen LogP contribution in [0.2, 0.25) is 5.02 Å². The molecular formula is C50H63ClO16. The van der Waals surface area contributed by atoms with Gasteiger partial charge in [-0.05, 0) is 95.2 Å². The zero-order valence-electron chi connectivity index (χ0n) is 38.8. The lowest BCUT2D eigenvalue weighted by Crippen LogP contribution is -2.56. The average molecular weight is 955 g/mol. The van der Waals surface area contributed by atoms with Gasteiger partial charge in [0.25, 0.3) is 5.76 Å². The van der Waals surface area contributed by atoms with Crippen LogP contribution >= 0.6 is 11.6 Å². The Balaban J connectivity index is 0.952. The Hall–Kier alpha value is -4.29. The molecule has 2 saturated heterocycles.